The van der Waals surface area contributed by atoms with E-state index in [0.29, 0.717) is 29.9 Å². The largest absolute Gasteiger partial charge is 0.434 e. The molecule has 12 nitrogen and oxygen atoms in total. The zero-order chi connectivity index (χ0) is 32.3. The molecule has 0 bridgehead atoms. The summed E-state index contributed by atoms with van der Waals surface area (Å²) >= 11 is 1.66. The molecule has 4 aromatic rings. The number of halogens is 2. The van der Waals surface area contributed by atoms with E-state index in [4.69, 9.17) is 9.47 Å². The summed E-state index contributed by atoms with van der Waals surface area (Å²) in [7, 11) is 0. The van der Waals surface area contributed by atoms with Crippen molar-refractivity contribution in [2.75, 3.05) is 51.3 Å². The summed E-state index contributed by atoms with van der Waals surface area (Å²) in [6, 6.07) is 6.69. The monoisotopic (exact) mass is 666 g/mol. The third kappa shape index (κ3) is 7.57. The van der Waals surface area contributed by atoms with E-state index in [1.54, 1.807) is 48.6 Å². The molecule has 3 aromatic heterocycles. The Kier molecular flexibility index (Phi) is 9.36. The van der Waals surface area contributed by atoms with Crippen molar-refractivity contribution in [3.05, 3.63) is 54.6 Å². The van der Waals surface area contributed by atoms with Crippen molar-refractivity contribution in [2.45, 2.75) is 49.0 Å². The molecule has 1 aliphatic carbocycles. The van der Waals surface area contributed by atoms with E-state index in [0.717, 1.165) is 63.4 Å². The van der Waals surface area contributed by atoms with Crippen LogP contribution >= 0.6 is 11.8 Å². The molecule has 0 radical (unpaired) electrons. The lowest BCUT2D eigenvalue weighted by Crippen LogP contribution is -2.50. The Balaban J connectivity index is 1.13. The van der Waals surface area contributed by atoms with E-state index in [1.807, 2.05) is 4.90 Å². The first-order valence-corrected chi connectivity index (χ1v) is 16.8. The number of fused-ring (bicyclic) bond motifs is 1. The van der Waals surface area contributed by atoms with Crippen LogP contribution in [0.4, 0.5) is 14.5 Å². The Morgan fingerprint density at radius 2 is 1.91 bits per heavy atom. The Morgan fingerprint density at radius 1 is 1.11 bits per heavy atom. The third-order valence-electron chi connectivity index (χ3n) is 8.66. The van der Waals surface area contributed by atoms with Crippen LogP contribution in [0.15, 0.2) is 53.9 Å². The van der Waals surface area contributed by atoms with Gasteiger partial charge in [0.05, 0.1) is 11.9 Å². The number of alkyl halides is 2. The minimum atomic E-state index is -3.06. The molecule has 0 spiro atoms. The average molecular weight is 667 g/mol. The number of carbonyl (C=O) groups is 2. The number of aromatic nitrogens is 5. The van der Waals surface area contributed by atoms with E-state index in [1.165, 1.54) is 21.5 Å². The van der Waals surface area contributed by atoms with Gasteiger partial charge in [-0.3, -0.25) is 19.2 Å². The Hall–Kier alpha value is -4.08. The minimum absolute atomic E-state index is 0.0782. The number of hydrogen-bond donors (Lipinski definition) is 1. The number of nitrogens with one attached hydrogen (secondary N) is 1. The first-order valence-electron chi connectivity index (χ1n) is 15.9. The molecular weight excluding hydrogens is 630 g/mol. The number of rotatable bonds is 11. The van der Waals surface area contributed by atoms with Crippen LogP contribution in [-0.4, -0.2) is 104 Å². The van der Waals surface area contributed by atoms with Gasteiger partial charge >= 0.3 is 6.61 Å². The molecule has 248 valence electrons. The summed E-state index contributed by atoms with van der Waals surface area (Å²) in [6.07, 6.45) is 10.5. The van der Waals surface area contributed by atoms with Crippen LogP contribution in [0, 0.1) is 5.92 Å². The number of hydrogen-bond acceptors (Lipinski definition) is 9. The number of anilines is 1. The number of piperazine rings is 1. The maximum absolute atomic E-state index is 13.5. The average Bonchev–Trinajstić information content (AvgIpc) is 3.64. The molecule has 2 aliphatic heterocycles. The van der Waals surface area contributed by atoms with Crippen LogP contribution in [0.3, 0.4) is 0 Å². The molecule has 2 amide bonds. The van der Waals surface area contributed by atoms with Crippen LogP contribution in [-0.2, 0) is 16.1 Å². The summed E-state index contributed by atoms with van der Waals surface area (Å²) in [4.78, 5) is 36.4. The van der Waals surface area contributed by atoms with E-state index in [-0.39, 0.29) is 40.7 Å². The van der Waals surface area contributed by atoms with Crippen molar-refractivity contribution >= 4 is 34.9 Å². The topological polar surface area (TPSA) is 119 Å². The van der Waals surface area contributed by atoms with Crippen molar-refractivity contribution in [2.24, 2.45) is 5.92 Å². The number of nitrogens with zero attached hydrogens (tertiary/aromatic N) is 7. The van der Waals surface area contributed by atoms with E-state index in [9.17, 15) is 18.4 Å². The lowest BCUT2D eigenvalue weighted by molar-refractivity contribution is -0.133. The molecule has 15 heteroatoms. The first-order chi connectivity index (χ1) is 22.9. The second-order valence-electron chi connectivity index (χ2n) is 12.1. The molecule has 5 heterocycles. The van der Waals surface area contributed by atoms with Gasteiger partial charge in [0, 0.05) is 80.2 Å². The normalized spacial score (nSPS) is 17.8. The van der Waals surface area contributed by atoms with Crippen molar-refractivity contribution in [3.63, 3.8) is 0 Å². The second-order valence-corrected chi connectivity index (χ2v) is 13.5. The highest BCUT2D eigenvalue weighted by atomic mass is 32.2. The van der Waals surface area contributed by atoms with Crippen LogP contribution < -0.4 is 10.1 Å². The zero-order valence-electron chi connectivity index (χ0n) is 25.8. The van der Waals surface area contributed by atoms with E-state index in [2.05, 4.69) is 25.4 Å². The quantitative estimate of drug-likeness (QED) is 0.250. The van der Waals surface area contributed by atoms with Gasteiger partial charge in [0.1, 0.15) is 23.6 Å². The fourth-order valence-corrected chi connectivity index (χ4v) is 7.12. The highest BCUT2D eigenvalue weighted by molar-refractivity contribution is 8.00. The number of thioether (sulfide) groups is 1. The molecule has 0 unspecified atom stereocenters. The van der Waals surface area contributed by atoms with E-state index >= 15 is 0 Å². The molecule has 47 heavy (non-hydrogen) atoms. The summed E-state index contributed by atoms with van der Waals surface area (Å²) in [5.41, 5.74) is 1.32. The van der Waals surface area contributed by atoms with Gasteiger partial charge in [0.2, 0.25) is 5.91 Å². The SMILES string of the molecule is O=C(Nc1cn(CC(=O)N2CCN(CC3CCOCC3)CC2)nc1-c1cc(SC2CC2)ccc1OC(F)F)c1cnn2cccnc12. The predicted molar refractivity (Wildman–Crippen MR) is 171 cm³/mol. The summed E-state index contributed by atoms with van der Waals surface area (Å²) in [6.45, 7) is 2.29. The second kappa shape index (κ2) is 14.0. The van der Waals surface area contributed by atoms with Gasteiger partial charge in [-0.2, -0.15) is 19.0 Å². The fourth-order valence-electron chi connectivity index (χ4n) is 6.03. The highest BCUT2D eigenvalue weighted by Gasteiger charge is 2.28. The Bertz CT molecular complexity index is 1730. The Morgan fingerprint density at radius 3 is 2.68 bits per heavy atom. The maximum Gasteiger partial charge on any atom is 0.387 e. The predicted octanol–water partition coefficient (Wildman–Crippen LogP) is 4.27. The lowest BCUT2D eigenvalue weighted by Gasteiger charge is -2.37. The maximum atomic E-state index is 13.5. The number of amides is 2. The molecule has 1 N–H and O–H groups in total. The van der Waals surface area contributed by atoms with Crippen LogP contribution in [0.5, 0.6) is 5.75 Å². The van der Waals surface area contributed by atoms with Gasteiger partial charge in [0.15, 0.2) is 5.65 Å². The van der Waals surface area contributed by atoms with Crippen molar-refractivity contribution < 1.29 is 27.8 Å². The van der Waals surface area contributed by atoms with Crippen molar-refractivity contribution in [1.82, 2.24) is 34.2 Å². The van der Waals surface area contributed by atoms with Gasteiger partial charge in [-0.15, -0.1) is 11.8 Å². The number of carbonyl (C=O) groups excluding carboxylic acids is 2. The van der Waals surface area contributed by atoms with Gasteiger partial charge in [-0.1, -0.05) is 0 Å². The smallest absolute Gasteiger partial charge is 0.387 e. The molecular formula is C32H36F2N8O4S. The molecule has 1 saturated carbocycles. The number of ether oxygens (including phenoxy) is 2. The third-order valence-corrected chi connectivity index (χ3v) is 9.99. The molecule has 7 rings (SSSR count). The van der Waals surface area contributed by atoms with Crippen LogP contribution in [0.25, 0.3) is 16.9 Å². The van der Waals surface area contributed by atoms with Gasteiger partial charge in [-0.25, -0.2) is 9.50 Å². The molecule has 3 aliphatic rings. The van der Waals surface area contributed by atoms with Crippen LogP contribution in [0.2, 0.25) is 0 Å². The van der Waals surface area contributed by atoms with Crippen LogP contribution in [0.1, 0.15) is 36.0 Å². The van der Waals surface area contributed by atoms with Gasteiger partial charge < -0.3 is 19.7 Å². The summed E-state index contributed by atoms with van der Waals surface area (Å²) < 4.78 is 40.4. The van der Waals surface area contributed by atoms with Gasteiger partial charge in [-0.05, 0) is 55.9 Å². The van der Waals surface area contributed by atoms with E-state index < -0.39 is 12.5 Å². The summed E-state index contributed by atoms with van der Waals surface area (Å²) in [5, 5.41) is 12.2. The molecule has 2 saturated heterocycles. The molecule has 0 atom stereocenters. The van der Waals surface area contributed by atoms with Crippen molar-refractivity contribution in [3.8, 4) is 17.0 Å². The number of benzene rings is 1. The standard InChI is InChI=1S/C32H36F2N8O4S/c33-32(34)46-27-5-4-23(47-22-2-3-22)16-24(27)29-26(37-31(44)25-17-36-42-9-1-8-35-30(25)42)19-41(38-29)20-28(43)40-12-10-39(11-13-40)18-21-6-14-45-15-7-21/h1,4-5,8-9,16-17,19,21-22,32H,2-3,6-7,10-15,18,20H2,(H,37,44). The molecule has 3 fully saturated rings. The first kappa shape index (κ1) is 31.5. The minimum Gasteiger partial charge on any atom is -0.434 e. The van der Waals surface area contributed by atoms with Crippen molar-refractivity contribution in [1.29, 1.82) is 0 Å². The fraction of sp³-hybridized carbons (Fsp3) is 0.469. The van der Waals surface area contributed by atoms with Gasteiger partial charge in [0.25, 0.3) is 5.91 Å². The highest BCUT2D eigenvalue weighted by Crippen LogP contribution is 2.43. The lowest BCUT2D eigenvalue weighted by atomic mass is 9.99. The summed E-state index contributed by atoms with van der Waals surface area (Å²) in [5.74, 6) is -0.0767. The zero-order valence-corrected chi connectivity index (χ0v) is 26.6. The Labute approximate surface area is 274 Å². The molecule has 1 aromatic carbocycles.